The number of nitrogens with zero attached hydrogens (tertiary/aromatic N) is 4. The van der Waals surface area contributed by atoms with E-state index in [-0.39, 0.29) is 34.8 Å². The highest BCUT2D eigenvalue weighted by atomic mass is 35.5. The lowest BCUT2D eigenvalue weighted by Gasteiger charge is -2.14. The number of fused-ring (bicyclic) bond motifs is 1. The van der Waals surface area contributed by atoms with Gasteiger partial charge in [-0.25, -0.2) is 0 Å². The Kier molecular flexibility index (Phi) is 6.78. The number of benzene rings is 2. The first-order chi connectivity index (χ1) is 17.7. The molecule has 1 fully saturated rings. The summed E-state index contributed by atoms with van der Waals surface area (Å²) >= 11 is 6.66. The van der Waals surface area contributed by atoms with Crippen LogP contribution in [0.1, 0.15) is 22.3 Å². The first-order valence-corrected chi connectivity index (χ1v) is 12.3. The van der Waals surface area contributed by atoms with Crippen LogP contribution in [-0.4, -0.2) is 37.4 Å². The molecule has 11 heteroatoms. The van der Waals surface area contributed by atoms with E-state index in [1.165, 1.54) is 21.7 Å². The molecule has 2 amide bonds. The van der Waals surface area contributed by atoms with Crippen LogP contribution in [0, 0.1) is 0 Å². The fourth-order valence-corrected chi connectivity index (χ4v) is 5.10. The highest BCUT2D eigenvalue weighted by Crippen LogP contribution is 2.35. The van der Waals surface area contributed by atoms with Crippen molar-refractivity contribution in [3.63, 3.8) is 0 Å². The van der Waals surface area contributed by atoms with Gasteiger partial charge in [-0.05, 0) is 77.3 Å². The van der Waals surface area contributed by atoms with Gasteiger partial charge in [0, 0.05) is 29.3 Å². The van der Waals surface area contributed by atoms with E-state index in [0.717, 1.165) is 23.4 Å². The van der Waals surface area contributed by atoms with E-state index in [2.05, 4.69) is 10.1 Å². The summed E-state index contributed by atoms with van der Waals surface area (Å²) in [5, 5.41) is 4.62. The zero-order valence-corrected chi connectivity index (χ0v) is 20.6. The zero-order valence-electron chi connectivity index (χ0n) is 19.1. The van der Waals surface area contributed by atoms with Crippen molar-refractivity contribution in [1.82, 2.24) is 19.7 Å². The van der Waals surface area contributed by atoms with Crippen molar-refractivity contribution in [1.29, 1.82) is 0 Å². The Hall–Kier alpha value is -3.63. The number of carbonyl (C=O) groups excluding carboxylic acids is 2. The second-order valence-corrected chi connectivity index (χ2v) is 9.79. The van der Waals surface area contributed by atoms with Crippen molar-refractivity contribution < 1.29 is 22.8 Å². The van der Waals surface area contributed by atoms with Gasteiger partial charge in [-0.15, -0.1) is 0 Å². The normalized spacial score (nSPS) is 15.4. The summed E-state index contributed by atoms with van der Waals surface area (Å²) in [5.74, 6) is -0.359. The second-order valence-electron chi connectivity index (χ2n) is 8.36. The molecular formula is C26H18ClF3N4O2S. The summed E-state index contributed by atoms with van der Waals surface area (Å²) in [6, 6.07) is 12.6. The van der Waals surface area contributed by atoms with E-state index in [1.54, 1.807) is 42.9 Å². The zero-order chi connectivity index (χ0) is 26.2. The number of amides is 2. The second kappa shape index (κ2) is 10.0. The Bertz CT molecular complexity index is 1540. The number of aromatic nitrogens is 3. The third-order valence-corrected chi connectivity index (χ3v) is 7.05. The Labute approximate surface area is 218 Å². The number of hydrogen-bond donors (Lipinski definition) is 0. The molecule has 37 heavy (non-hydrogen) atoms. The highest BCUT2D eigenvalue weighted by molar-refractivity contribution is 8.18. The van der Waals surface area contributed by atoms with E-state index in [4.69, 9.17) is 11.6 Å². The fourth-order valence-electron chi connectivity index (χ4n) is 4.07. The van der Waals surface area contributed by atoms with Crippen molar-refractivity contribution >= 4 is 51.5 Å². The maximum atomic E-state index is 13.5. The summed E-state index contributed by atoms with van der Waals surface area (Å²) in [5.41, 5.74) is 1.52. The molecule has 0 N–H and O–H groups in total. The van der Waals surface area contributed by atoms with Crippen molar-refractivity contribution in [2.75, 3.05) is 6.54 Å². The van der Waals surface area contributed by atoms with Crippen LogP contribution < -0.4 is 0 Å². The molecule has 0 unspecified atom stereocenters. The number of thioether (sulfide) groups is 1. The summed E-state index contributed by atoms with van der Waals surface area (Å²) in [4.78, 5) is 30.7. The lowest BCUT2D eigenvalue weighted by atomic mass is 10.1. The minimum atomic E-state index is -4.54. The van der Waals surface area contributed by atoms with Crippen molar-refractivity contribution in [2.24, 2.45) is 0 Å². The molecule has 0 atom stereocenters. The molecule has 0 spiro atoms. The molecule has 188 valence electrons. The third-order valence-electron chi connectivity index (χ3n) is 5.91. The lowest BCUT2D eigenvalue weighted by molar-refractivity contribution is -0.138. The molecular weight excluding hydrogens is 525 g/mol. The van der Waals surface area contributed by atoms with Crippen molar-refractivity contribution in [3.8, 4) is 0 Å². The molecule has 3 heterocycles. The average Bonchev–Trinajstić information content (AvgIpc) is 3.38. The number of hydrogen-bond acceptors (Lipinski definition) is 5. The maximum absolute atomic E-state index is 13.5. The monoisotopic (exact) mass is 542 g/mol. The number of carbonyl (C=O) groups is 2. The summed E-state index contributed by atoms with van der Waals surface area (Å²) in [6.07, 6.45) is 2.49. The van der Waals surface area contributed by atoms with Crippen LogP contribution in [0.5, 0.6) is 0 Å². The van der Waals surface area contributed by atoms with E-state index in [0.29, 0.717) is 27.8 Å². The quantitative estimate of drug-likeness (QED) is 0.263. The molecule has 2 aromatic carbocycles. The van der Waals surface area contributed by atoms with E-state index < -0.39 is 11.7 Å². The molecule has 1 saturated heterocycles. The van der Waals surface area contributed by atoms with E-state index >= 15 is 0 Å². The van der Waals surface area contributed by atoms with Crippen LogP contribution in [-0.2, 0) is 23.9 Å². The van der Waals surface area contributed by atoms with Crippen LogP contribution in [0.25, 0.3) is 17.0 Å². The molecule has 6 nitrogen and oxygen atoms in total. The standard InChI is InChI=1S/C26H18ClF3N4O2S/c27-20-3-2-18(21(13-20)26(28,29)30)15-34-22-4-1-17(11-19(22)14-32-34)12-23-24(35)33(25(36)37-23)10-7-16-5-8-31-9-6-16/h1-6,8-9,11-14H,7,10,15H2. The number of rotatable bonds is 6. The fraction of sp³-hybridized carbons (Fsp3) is 0.154. The van der Waals surface area contributed by atoms with Gasteiger partial charge in [-0.3, -0.25) is 24.2 Å². The molecule has 2 aromatic heterocycles. The van der Waals surface area contributed by atoms with Gasteiger partial charge >= 0.3 is 6.18 Å². The smallest absolute Gasteiger partial charge is 0.268 e. The van der Waals surface area contributed by atoms with Crippen LogP contribution in [0.4, 0.5) is 18.0 Å². The van der Waals surface area contributed by atoms with Gasteiger partial charge < -0.3 is 0 Å². The third kappa shape index (κ3) is 5.40. The highest BCUT2D eigenvalue weighted by Gasteiger charge is 2.35. The van der Waals surface area contributed by atoms with Gasteiger partial charge in [0.15, 0.2) is 0 Å². The van der Waals surface area contributed by atoms with Crippen LogP contribution in [0.2, 0.25) is 5.02 Å². The van der Waals surface area contributed by atoms with Crippen molar-refractivity contribution in [3.05, 3.63) is 99.3 Å². The predicted octanol–water partition coefficient (Wildman–Crippen LogP) is 6.43. The average molecular weight is 543 g/mol. The molecule has 4 aromatic rings. The Morgan fingerprint density at radius 3 is 2.57 bits per heavy atom. The lowest BCUT2D eigenvalue weighted by Crippen LogP contribution is -2.30. The minimum Gasteiger partial charge on any atom is -0.268 e. The largest absolute Gasteiger partial charge is 0.416 e. The topological polar surface area (TPSA) is 68.1 Å². The van der Waals surface area contributed by atoms with Gasteiger partial charge in [-0.1, -0.05) is 23.7 Å². The molecule has 0 bridgehead atoms. The van der Waals surface area contributed by atoms with Gasteiger partial charge in [0.25, 0.3) is 11.1 Å². The Morgan fingerprint density at radius 1 is 1.03 bits per heavy atom. The molecule has 1 aliphatic heterocycles. The number of imide groups is 1. The first kappa shape index (κ1) is 25.0. The summed E-state index contributed by atoms with van der Waals surface area (Å²) in [7, 11) is 0. The maximum Gasteiger partial charge on any atom is 0.416 e. The summed E-state index contributed by atoms with van der Waals surface area (Å²) in [6.45, 7) is 0.174. The minimum absolute atomic E-state index is 0.00724. The van der Waals surface area contributed by atoms with Crippen LogP contribution >= 0.6 is 23.4 Å². The SMILES string of the molecule is O=C1SC(=Cc2ccc3c(cnn3Cc3ccc(Cl)cc3C(F)(F)F)c2)C(=O)N1CCc1ccncc1. The van der Waals surface area contributed by atoms with E-state index in [1.807, 2.05) is 12.1 Å². The van der Waals surface area contributed by atoms with Gasteiger partial charge in [0.2, 0.25) is 0 Å². The number of alkyl halides is 3. The molecule has 0 saturated carbocycles. The molecule has 0 aliphatic carbocycles. The van der Waals surface area contributed by atoms with E-state index in [9.17, 15) is 22.8 Å². The first-order valence-electron chi connectivity index (χ1n) is 11.1. The van der Waals surface area contributed by atoms with Crippen LogP contribution in [0.15, 0.2) is 72.0 Å². The van der Waals surface area contributed by atoms with Gasteiger partial charge in [0.1, 0.15) is 0 Å². The molecule has 0 radical (unpaired) electrons. The Morgan fingerprint density at radius 2 is 1.81 bits per heavy atom. The predicted molar refractivity (Wildman–Crippen MR) is 136 cm³/mol. The molecule has 5 rings (SSSR count). The van der Waals surface area contributed by atoms with Crippen LogP contribution in [0.3, 0.4) is 0 Å². The number of halogens is 4. The van der Waals surface area contributed by atoms with Crippen molar-refractivity contribution in [2.45, 2.75) is 19.1 Å². The number of pyridine rings is 1. The molecule has 1 aliphatic rings. The Balaban J connectivity index is 1.35. The van der Waals surface area contributed by atoms with Gasteiger partial charge in [-0.2, -0.15) is 18.3 Å². The summed E-state index contributed by atoms with van der Waals surface area (Å²) < 4.78 is 41.9. The van der Waals surface area contributed by atoms with Gasteiger partial charge in [0.05, 0.1) is 28.7 Å².